The quantitative estimate of drug-likeness (QED) is 0.337. The van der Waals surface area contributed by atoms with Gasteiger partial charge >= 0.3 is 0 Å². The molecule has 0 atom stereocenters. The maximum absolute atomic E-state index is 14.7. The van der Waals surface area contributed by atoms with Crippen LogP contribution >= 0.6 is 0 Å². The number of rotatable bonds is 8. The van der Waals surface area contributed by atoms with Gasteiger partial charge < -0.3 is 20.7 Å². The predicted octanol–water partition coefficient (Wildman–Crippen LogP) is 4.03. The molecule has 3 aromatic heterocycles. The Morgan fingerprint density at radius 3 is 2.74 bits per heavy atom. The van der Waals surface area contributed by atoms with Crippen LogP contribution < -0.4 is 20.7 Å². The average Bonchev–Trinajstić information content (AvgIpc) is 3.25. The number of hydrogen-bond donors (Lipinski definition) is 3. The van der Waals surface area contributed by atoms with E-state index in [1.54, 1.807) is 48.6 Å². The summed E-state index contributed by atoms with van der Waals surface area (Å²) in [6, 6.07) is 7.63. The summed E-state index contributed by atoms with van der Waals surface area (Å²) in [5, 5.41) is 12.8. The van der Waals surface area contributed by atoms with Crippen molar-refractivity contribution >= 4 is 34.7 Å². The second-order valence-electron chi connectivity index (χ2n) is 7.08. The number of nitrogens with zero attached hydrogens (tertiary/aromatic N) is 5. The van der Waals surface area contributed by atoms with Crippen molar-refractivity contribution in [3.05, 3.63) is 73.6 Å². The zero-order chi connectivity index (χ0) is 24.1. The molecule has 0 radical (unpaired) electrons. The number of pyridine rings is 1. The van der Waals surface area contributed by atoms with Crippen molar-refractivity contribution in [3.8, 4) is 17.0 Å². The van der Waals surface area contributed by atoms with Gasteiger partial charge in [-0.25, -0.2) is 14.4 Å². The molecule has 0 aliphatic heterocycles. The molecule has 4 aromatic rings. The van der Waals surface area contributed by atoms with E-state index in [2.05, 4.69) is 42.6 Å². The van der Waals surface area contributed by atoms with Gasteiger partial charge in [0.15, 0.2) is 0 Å². The number of nitrogens with one attached hydrogen (secondary N) is 3. The summed E-state index contributed by atoms with van der Waals surface area (Å²) in [6.07, 6.45) is 7.72. The van der Waals surface area contributed by atoms with Gasteiger partial charge in [0, 0.05) is 43.0 Å². The molecule has 1 amide bonds. The van der Waals surface area contributed by atoms with Gasteiger partial charge in [-0.2, -0.15) is 10.1 Å². The third kappa shape index (κ3) is 5.15. The van der Waals surface area contributed by atoms with E-state index in [1.807, 2.05) is 0 Å². The molecule has 0 saturated carbocycles. The van der Waals surface area contributed by atoms with Crippen LogP contribution in [0.1, 0.15) is 0 Å². The van der Waals surface area contributed by atoms with Gasteiger partial charge in [0.2, 0.25) is 17.7 Å². The molecule has 11 heteroatoms. The molecule has 1 aromatic carbocycles. The summed E-state index contributed by atoms with van der Waals surface area (Å²) in [6.45, 7) is 3.42. The maximum Gasteiger partial charge on any atom is 0.247 e. The predicted molar refractivity (Wildman–Crippen MR) is 127 cm³/mol. The van der Waals surface area contributed by atoms with Crippen LogP contribution in [0.4, 0.5) is 33.2 Å². The molecular weight excluding hydrogens is 439 g/mol. The van der Waals surface area contributed by atoms with Crippen LogP contribution in [-0.4, -0.2) is 37.7 Å². The first-order chi connectivity index (χ1) is 16.4. The number of methoxy groups -OCH3 is 1. The number of amides is 1. The molecule has 3 N–H and O–H groups in total. The fourth-order valence-electron chi connectivity index (χ4n) is 3.07. The average molecular weight is 460 g/mol. The monoisotopic (exact) mass is 460 g/mol. The van der Waals surface area contributed by atoms with E-state index in [-0.39, 0.29) is 11.6 Å². The lowest BCUT2D eigenvalue weighted by atomic mass is 10.1. The smallest absolute Gasteiger partial charge is 0.247 e. The minimum Gasteiger partial charge on any atom is -0.481 e. The summed E-state index contributed by atoms with van der Waals surface area (Å²) in [7, 11) is 3.31. The molecule has 0 saturated heterocycles. The van der Waals surface area contributed by atoms with E-state index in [9.17, 15) is 9.18 Å². The van der Waals surface area contributed by atoms with Crippen LogP contribution in [0, 0.1) is 5.82 Å². The summed E-state index contributed by atoms with van der Waals surface area (Å²) in [5.74, 6) is 0.0567. The Balaban J connectivity index is 1.74. The molecule has 0 spiro atoms. The molecule has 3 heterocycles. The highest BCUT2D eigenvalue weighted by atomic mass is 19.1. The van der Waals surface area contributed by atoms with Crippen molar-refractivity contribution in [2.45, 2.75) is 0 Å². The second-order valence-corrected chi connectivity index (χ2v) is 7.08. The summed E-state index contributed by atoms with van der Waals surface area (Å²) in [4.78, 5) is 24.7. The van der Waals surface area contributed by atoms with Crippen molar-refractivity contribution in [1.29, 1.82) is 0 Å². The minimum atomic E-state index is -0.532. The molecular formula is C23H21FN8O2. The highest BCUT2D eigenvalue weighted by molar-refractivity contribution is 5.99. The number of aryl methyl sites for hydroxylation is 1. The van der Waals surface area contributed by atoms with Crippen LogP contribution in [0.5, 0.6) is 5.88 Å². The topological polar surface area (TPSA) is 119 Å². The van der Waals surface area contributed by atoms with Crippen molar-refractivity contribution in [1.82, 2.24) is 24.7 Å². The molecule has 0 fully saturated rings. The van der Waals surface area contributed by atoms with E-state index in [0.29, 0.717) is 34.2 Å². The third-order valence-electron chi connectivity index (χ3n) is 4.68. The maximum atomic E-state index is 14.7. The van der Waals surface area contributed by atoms with Crippen LogP contribution in [0.15, 0.2) is 67.8 Å². The SMILES string of the molecule is C=CC(=O)Nc1ccc(F)c(Nc2nc(Nc3cnn(C)c3)ncc2-c2ccnc(OC)c2)c1. The van der Waals surface area contributed by atoms with Crippen LogP contribution in [-0.2, 0) is 11.8 Å². The Morgan fingerprint density at radius 2 is 2.00 bits per heavy atom. The third-order valence-corrected chi connectivity index (χ3v) is 4.68. The fraction of sp³-hybridized carbons (Fsp3) is 0.0870. The van der Waals surface area contributed by atoms with E-state index >= 15 is 0 Å². The lowest BCUT2D eigenvalue weighted by Crippen LogP contribution is -2.08. The Morgan fingerprint density at radius 1 is 1.15 bits per heavy atom. The van der Waals surface area contributed by atoms with Gasteiger partial charge in [-0.15, -0.1) is 0 Å². The summed E-state index contributed by atoms with van der Waals surface area (Å²) < 4.78 is 21.5. The normalized spacial score (nSPS) is 10.4. The van der Waals surface area contributed by atoms with Crippen molar-refractivity contribution in [2.75, 3.05) is 23.1 Å². The van der Waals surface area contributed by atoms with Gasteiger partial charge in [-0.3, -0.25) is 9.48 Å². The van der Waals surface area contributed by atoms with E-state index < -0.39 is 11.7 Å². The number of carbonyl (C=O) groups is 1. The van der Waals surface area contributed by atoms with Crippen LogP contribution in [0.3, 0.4) is 0 Å². The van der Waals surface area contributed by atoms with Crippen LogP contribution in [0.2, 0.25) is 0 Å². The summed E-state index contributed by atoms with van der Waals surface area (Å²) in [5.41, 5.74) is 2.47. The first kappa shape index (κ1) is 22.4. The first-order valence-electron chi connectivity index (χ1n) is 10.1. The van der Waals surface area contributed by atoms with Gasteiger partial charge in [-0.05, 0) is 35.9 Å². The number of anilines is 5. The molecule has 4 rings (SSSR count). The van der Waals surface area contributed by atoms with Crippen molar-refractivity contribution in [3.63, 3.8) is 0 Å². The van der Waals surface area contributed by atoms with Gasteiger partial charge in [0.25, 0.3) is 0 Å². The van der Waals surface area contributed by atoms with E-state index in [1.165, 1.54) is 25.3 Å². The largest absolute Gasteiger partial charge is 0.481 e. The number of carbonyl (C=O) groups excluding carboxylic acids is 1. The molecule has 0 aliphatic rings. The highest BCUT2D eigenvalue weighted by Gasteiger charge is 2.14. The van der Waals surface area contributed by atoms with E-state index in [4.69, 9.17) is 4.74 Å². The Kier molecular flexibility index (Phi) is 6.44. The fourth-order valence-corrected chi connectivity index (χ4v) is 3.07. The van der Waals surface area contributed by atoms with E-state index in [0.717, 1.165) is 6.08 Å². The first-order valence-corrected chi connectivity index (χ1v) is 10.1. The van der Waals surface area contributed by atoms with Gasteiger partial charge in [0.1, 0.15) is 11.6 Å². The standard InChI is InChI=1S/C23H21FN8O2/c1-4-20(33)28-15-5-6-18(24)19(10-15)30-22-17(14-7-8-25-21(9-14)34-3)12-26-23(31-22)29-16-11-27-32(2)13-16/h4-13H,1H2,2-3H3,(H,28,33)(H2,26,29,30,31). The second kappa shape index (κ2) is 9.77. The zero-order valence-electron chi connectivity index (χ0n) is 18.4. The molecule has 0 bridgehead atoms. The summed E-state index contributed by atoms with van der Waals surface area (Å²) >= 11 is 0. The van der Waals surface area contributed by atoms with Gasteiger partial charge in [0.05, 0.1) is 24.7 Å². The Labute approximate surface area is 194 Å². The lowest BCUT2D eigenvalue weighted by molar-refractivity contribution is -0.111. The Bertz CT molecular complexity index is 1350. The molecule has 34 heavy (non-hydrogen) atoms. The zero-order valence-corrected chi connectivity index (χ0v) is 18.4. The lowest BCUT2D eigenvalue weighted by Gasteiger charge is -2.15. The highest BCUT2D eigenvalue weighted by Crippen LogP contribution is 2.32. The van der Waals surface area contributed by atoms with Crippen molar-refractivity contribution in [2.24, 2.45) is 7.05 Å². The number of hydrogen-bond acceptors (Lipinski definition) is 8. The molecule has 0 aliphatic carbocycles. The van der Waals surface area contributed by atoms with Crippen LogP contribution in [0.25, 0.3) is 11.1 Å². The number of ether oxygens (including phenoxy) is 1. The minimum absolute atomic E-state index is 0.107. The molecule has 172 valence electrons. The van der Waals surface area contributed by atoms with Gasteiger partial charge in [-0.1, -0.05) is 6.58 Å². The Hall–Kier alpha value is -4.80. The number of halogens is 1. The number of aromatic nitrogens is 5. The van der Waals surface area contributed by atoms with Crippen molar-refractivity contribution < 1.29 is 13.9 Å². The number of benzene rings is 1. The molecule has 10 nitrogen and oxygen atoms in total. The molecule has 0 unspecified atom stereocenters.